The molecule has 0 saturated carbocycles. The standard InChI is InChI=1S/C21H20N4O2/c26-20(15-17-6-3-4-10-22-17)24-11-13-25(14-12-24)21(27)19-9-8-16-5-1-2-7-18(16)23-19/h1-10H,11-15H2. The van der Waals surface area contributed by atoms with E-state index in [4.69, 9.17) is 0 Å². The van der Waals surface area contributed by atoms with Crippen molar-refractivity contribution in [1.82, 2.24) is 19.8 Å². The third kappa shape index (κ3) is 3.79. The van der Waals surface area contributed by atoms with Crippen LogP contribution in [0.25, 0.3) is 10.9 Å². The first kappa shape index (κ1) is 17.1. The van der Waals surface area contributed by atoms with E-state index in [1.807, 2.05) is 48.5 Å². The molecule has 136 valence electrons. The van der Waals surface area contributed by atoms with Crippen LogP contribution >= 0.6 is 0 Å². The molecule has 27 heavy (non-hydrogen) atoms. The van der Waals surface area contributed by atoms with E-state index in [0.29, 0.717) is 38.3 Å². The number of para-hydroxylation sites is 1. The Morgan fingerprint density at radius 2 is 1.59 bits per heavy atom. The molecule has 1 aliphatic heterocycles. The lowest BCUT2D eigenvalue weighted by molar-refractivity contribution is -0.132. The Morgan fingerprint density at radius 3 is 2.37 bits per heavy atom. The van der Waals surface area contributed by atoms with Gasteiger partial charge in [-0.1, -0.05) is 30.3 Å². The molecule has 0 unspecified atom stereocenters. The van der Waals surface area contributed by atoms with Gasteiger partial charge in [0.1, 0.15) is 5.69 Å². The highest BCUT2D eigenvalue weighted by Crippen LogP contribution is 2.14. The molecule has 6 heteroatoms. The normalized spacial score (nSPS) is 14.4. The molecule has 0 bridgehead atoms. The Bertz CT molecular complexity index is 966. The Morgan fingerprint density at radius 1 is 0.852 bits per heavy atom. The van der Waals surface area contributed by atoms with Gasteiger partial charge in [-0.25, -0.2) is 4.98 Å². The van der Waals surface area contributed by atoms with E-state index >= 15 is 0 Å². The number of aromatic nitrogens is 2. The van der Waals surface area contributed by atoms with E-state index in [1.165, 1.54) is 0 Å². The summed E-state index contributed by atoms with van der Waals surface area (Å²) in [6.45, 7) is 2.10. The lowest BCUT2D eigenvalue weighted by Crippen LogP contribution is -2.51. The van der Waals surface area contributed by atoms with Crippen molar-refractivity contribution in [2.45, 2.75) is 6.42 Å². The van der Waals surface area contributed by atoms with Crippen molar-refractivity contribution >= 4 is 22.7 Å². The number of pyridine rings is 2. The molecule has 0 N–H and O–H groups in total. The number of piperazine rings is 1. The summed E-state index contributed by atoms with van der Waals surface area (Å²) in [6.07, 6.45) is 1.98. The Kier molecular flexibility index (Phi) is 4.78. The van der Waals surface area contributed by atoms with Gasteiger partial charge in [-0.3, -0.25) is 14.6 Å². The highest BCUT2D eigenvalue weighted by atomic mass is 16.2. The first-order valence-electron chi connectivity index (χ1n) is 9.03. The fourth-order valence-corrected chi connectivity index (χ4v) is 3.28. The predicted molar refractivity (Wildman–Crippen MR) is 102 cm³/mol. The molecule has 1 aliphatic rings. The average Bonchev–Trinajstić information content (AvgIpc) is 2.73. The zero-order valence-electron chi connectivity index (χ0n) is 14.9. The zero-order valence-corrected chi connectivity index (χ0v) is 14.9. The van der Waals surface area contributed by atoms with Crippen molar-refractivity contribution in [3.63, 3.8) is 0 Å². The molecular weight excluding hydrogens is 340 g/mol. The van der Waals surface area contributed by atoms with E-state index in [1.54, 1.807) is 22.1 Å². The first-order chi connectivity index (χ1) is 13.2. The van der Waals surface area contributed by atoms with E-state index < -0.39 is 0 Å². The predicted octanol–water partition coefficient (Wildman–Crippen LogP) is 2.16. The summed E-state index contributed by atoms with van der Waals surface area (Å²) in [6, 6.07) is 17.0. The van der Waals surface area contributed by atoms with Crippen LogP contribution in [0.3, 0.4) is 0 Å². The van der Waals surface area contributed by atoms with Crippen LogP contribution in [0.2, 0.25) is 0 Å². The summed E-state index contributed by atoms with van der Waals surface area (Å²) in [7, 11) is 0. The second-order valence-corrected chi connectivity index (χ2v) is 6.56. The van der Waals surface area contributed by atoms with Crippen LogP contribution < -0.4 is 0 Å². The fourth-order valence-electron chi connectivity index (χ4n) is 3.28. The lowest BCUT2D eigenvalue weighted by atomic mass is 10.2. The largest absolute Gasteiger partial charge is 0.339 e. The summed E-state index contributed by atoms with van der Waals surface area (Å²) in [5, 5.41) is 1.01. The molecule has 2 amide bonds. The van der Waals surface area contributed by atoms with E-state index in [0.717, 1.165) is 16.6 Å². The fraction of sp³-hybridized carbons (Fsp3) is 0.238. The number of hydrogen-bond acceptors (Lipinski definition) is 4. The maximum absolute atomic E-state index is 12.8. The number of fused-ring (bicyclic) bond motifs is 1. The highest BCUT2D eigenvalue weighted by molar-refractivity contribution is 5.95. The van der Waals surface area contributed by atoms with Crippen LogP contribution in [0.5, 0.6) is 0 Å². The van der Waals surface area contributed by atoms with Crippen LogP contribution in [-0.4, -0.2) is 57.8 Å². The molecule has 2 aromatic heterocycles. The SMILES string of the molecule is O=C(Cc1ccccn1)N1CCN(C(=O)c2ccc3ccccc3n2)CC1. The average molecular weight is 360 g/mol. The van der Waals surface area contributed by atoms with Crippen molar-refractivity contribution in [2.24, 2.45) is 0 Å². The molecule has 3 heterocycles. The van der Waals surface area contributed by atoms with Gasteiger partial charge in [-0.15, -0.1) is 0 Å². The topological polar surface area (TPSA) is 66.4 Å². The van der Waals surface area contributed by atoms with Gasteiger partial charge in [0.15, 0.2) is 0 Å². The minimum atomic E-state index is -0.0856. The number of amides is 2. The van der Waals surface area contributed by atoms with E-state index in [-0.39, 0.29) is 11.8 Å². The third-order valence-corrected chi connectivity index (χ3v) is 4.80. The Hall–Kier alpha value is -3.28. The molecule has 1 aromatic carbocycles. The second-order valence-electron chi connectivity index (χ2n) is 6.56. The van der Waals surface area contributed by atoms with Crippen LogP contribution in [0, 0.1) is 0 Å². The minimum Gasteiger partial charge on any atom is -0.339 e. The Balaban J connectivity index is 1.38. The molecule has 0 aliphatic carbocycles. The van der Waals surface area contributed by atoms with Gasteiger partial charge in [0, 0.05) is 43.5 Å². The lowest BCUT2D eigenvalue weighted by Gasteiger charge is -2.34. The van der Waals surface area contributed by atoms with Crippen LogP contribution in [0.15, 0.2) is 60.8 Å². The molecule has 1 saturated heterocycles. The molecular formula is C21H20N4O2. The molecule has 6 nitrogen and oxygen atoms in total. The summed E-state index contributed by atoms with van der Waals surface area (Å²) in [5.41, 5.74) is 2.02. The van der Waals surface area contributed by atoms with Gasteiger partial charge >= 0.3 is 0 Å². The van der Waals surface area contributed by atoms with Crippen LogP contribution in [0.4, 0.5) is 0 Å². The minimum absolute atomic E-state index is 0.0460. The van der Waals surface area contributed by atoms with E-state index in [9.17, 15) is 9.59 Å². The van der Waals surface area contributed by atoms with Crippen molar-refractivity contribution in [2.75, 3.05) is 26.2 Å². The van der Waals surface area contributed by atoms with Gasteiger partial charge in [-0.05, 0) is 24.3 Å². The maximum Gasteiger partial charge on any atom is 0.272 e. The monoisotopic (exact) mass is 360 g/mol. The van der Waals surface area contributed by atoms with Crippen molar-refractivity contribution in [3.8, 4) is 0 Å². The number of carbonyl (C=O) groups excluding carboxylic acids is 2. The van der Waals surface area contributed by atoms with Crippen molar-refractivity contribution in [3.05, 3.63) is 72.2 Å². The van der Waals surface area contributed by atoms with Gasteiger partial charge in [-0.2, -0.15) is 0 Å². The number of nitrogens with zero attached hydrogens (tertiary/aromatic N) is 4. The second kappa shape index (κ2) is 7.53. The van der Waals surface area contributed by atoms with Gasteiger partial charge in [0.25, 0.3) is 5.91 Å². The number of rotatable bonds is 3. The number of benzene rings is 1. The van der Waals surface area contributed by atoms with Crippen molar-refractivity contribution < 1.29 is 9.59 Å². The summed E-state index contributed by atoms with van der Waals surface area (Å²) < 4.78 is 0. The molecule has 0 atom stereocenters. The Labute approximate surface area is 157 Å². The number of carbonyl (C=O) groups is 2. The molecule has 0 spiro atoms. The summed E-state index contributed by atoms with van der Waals surface area (Å²) >= 11 is 0. The number of hydrogen-bond donors (Lipinski definition) is 0. The van der Waals surface area contributed by atoms with Crippen LogP contribution in [-0.2, 0) is 11.2 Å². The quantitative estimate of drug-likeness (QED) is 0.718. The van der Waals surface area contributed by atoms with Crippen LogP contribution in [0.1, 0.15) is 16.2 Å². The molecule has 1 fully saturated rings. The van der Waals surface area contributed by atoms with Gasteiger partial charge in [0.2, 0.25) is 5.91 Å². The molecule has 3 aromatic rings. The maximum atomic E-state index is 12.8. The highest BCUT2D eigenvalue weighted by Gasteiger charge is 2.25. The first-order valence-corrected chi connectivity index (χ1v) is 9.03. The smallest absolute Gasteiger partial charge is 0.272 e. The molecule has 4 rings (SSSR count). The van der Waals surface area contributed by atoms with Gasteiger partial charge in [0.05, 0.1) is 11.9 Å². The van der Waals surface area contributed by atoms with E-state index in [2.05, 4.69) is 9.97 Å². The van der Waals surface area contributed by atoms with Crippen molar-refractivity contribution in [1.29, 1.82) is 0 Å². The molecule has 0 radical (unpaired) electrons. The summed E-state index contributed by atoms with van der Waals surface area (Å²) in [4.78, 5) is 37.4. The zero-order chi connectivity index (χ0) is 18.6. The summed E-state index contributed by atoms with van der Waals surface area (Å²) in [5.74, 6) is -0.0396. The van der Waals surface area contributed by atoms with Gasteiger partial charge < -0.3 is 9.80 Å². The third-order valence-electron chi connectivity index (χ3n) is 4.80.